The van der Waals surface area contributed by atoms with Gasteiger partial charge in [0, 0.05) is 17.0 Å². The standard InChI is InChI=1S/C12H8Cl2N2O2S/c1-6(17)15-12-16-11(18)10(19-12)4-7-2-3-8(13)5-9(7)14/h2-5H,1H3,(H,15,16,17,18)/b10-4+. The molecule has 2 amide bonds. The molecule has 7 heteroatoms. The monoisotopic (exact) mass is 314 g/mol. The molecule has 0 aliphatic carbocycles. The average Bonchev–Trinajstić information content (AvgIpc) is 2.62. The summed E-state index contributed by atoms with van der Waals surface area (Å²) in [5.41, 5.74) is 0.668. The summed E-state index contributed by atoms with van der Waals surface area (Å²) >= 11 is 12.9. The largest absolute Gasteiger partial charge is 0.305 e. The molecule has 0 saturated heterocycles. The van der Waals surface area contributed by atoms with Crippen LogP contribution in [0.1, 0.15) is 12.5 Å². The number of amides is 2. The molecule has 1 heterocycles. The van der Waals surface area contributed by atoms with Gasteiger partial charge in [-0.25, -0.2) is 0 Å². The van der Waals surface area contributed by atoms with Gasteiger partial charge in [0.2, 0.25) is 5.91 Å². The van der Waals surface area contributed by atoms with E-state index in [2.05, 4.69) is 10.3 Å². The summed E-state index contributed by atoms with van der Waals surface area (Å²) in [6.45, 7) is 1.35. The van der Waals surface area contributed by atoms with Gasteiger partial charge in [-0.2, -0.15) is 4.99 Å². The first-order valence-electron chi connectivity index (χ1n) is 5.21. The fourth-order valence-electron chi connectivity index (χ4n) is 1.37. The molecule has 0 unspecified atom stereocenters. The molecule has 1 aliphatic rings. The van der Waals surface area contributed by atoms with Gasteiger partial charge in [0.25, 0.3) is 5.91 Å². The molecule has 0 spiro atoms. The zero-order chi connectivity index (χ0) is 14.0. The summed E-state index contributed by atoms with van der Waals surface area (Å²) in [4.78, 5) is 26.7. The van der Waals surface area contributed by atoms with Crippen molar-refractivity contribution in [3.8, 4) is 0 Å². The normalized spacial score (nSPS) is 16.7. The highest BCUT2D eigenvalue weighted by Crippen LogP contribution is 2.30. The van der Waals surface area contributed by atoms with Crippen LogP contribution in [0.2, 0.25) is 10.0 Å². The molecule has 1 aromatic rings. The number of aliphatic imine (C=N–C) groups is 1. The van der Waals surface area contributed by atoms with Crippen LogP contribution < -0.4 is 5.32 Å². The third-order valence-electron chi connectivity index (χ3n) is 2.15. The number of amidine groups is 1. The van der Waals surface area contributed by atoms with Crippen LogP contribution in [0.3, 0.4) is 0 Å². The van der Waals surface area contributed by atoms with E-state index in [1.807, 2.05) is 0 Å². The SMILES string of the molecule is CC(=O)NC1=NC(=O)/C(=C\c2ccc(Cl)cc2Cl)S1. The highest BCUT2D eigenvalue weighted by Gasteiger charge is 2.22. The van der Waals surface area contributed by atoms with E-state index >= 15 is 0 Å². The first kappa shape index (κ1) is 14.1. The molecule has 4 nitrogen and oxygen atoms in total. The van der Waals surface area contributed by atoms with E-state index in [9.17, 15) is 9.59 Å². The maximum atomic E-state index is 11.7. The molecule has 1 aromatic carbocycles. The second-order valence-corrected chi connectivity index (χ2v) is 5.55. The Labute approximate surface area is 123 Å². The summed E-state index contributed by atoms with van der Waals surface area (Å²) in [7, 11) is 0. The van der Waals surface area contributed by atoms with E-state index < -0.39 is 5.91 Å². The minimum atomic E-state index is -0.403. The van der Waals surface area contributed by atoms with Crippen molar-refractivity contribution in [1.29, 1.82) is 0 Å². The molecule has 0 saturated carbocycles. The lowest BCUT2D eigenvalue weighted by molar-refractivity contribution is -0.117. The third-order valence-corrected chi connectivity index (χ3v) is 3.61. The summed E-state index contributed by atoms with van der Waals surface area (Å²) in [6.07, 6.45) is 1.62. The van der Waals surface area contributed by atoms with Gasteiger partial charge in [-0.1, -0.05) is 29.3 Å². The lowest BCUT2D eigenvalue weighted by atomic mass is 10.2. The predicted molar refractivity (Wildman–Crippen MR) is 78.3 cm³/mol. The number of thioether (sulfide) groups is 1. The fourth-order valence-corrected chi connectivity index (χ4v) is 2.69. The first-order valence-corrected chi connectivity index (χ1v) is 6.78. The Morgan fingerprint density at radius 1 is 1.42 bits per heavy atom. The molecule has 0 atom stereocenters. The van der Waals surface area contributed by atoms with Crippen LogP contribution >= 0.6 is 35.0 Å². The summed E-state index contributed by atoms with van der Waals surface area (Å²) < 4.78 is 0. The Bertz CT molecular complexity index is 626. The quantitative estimate of drug-likeness (QED) is 0.810. The number of rotatable bonds is 1. The Morgan fingerprint density at radius 2 is 2.16 bits per heavy atom. The summed E-state index contributed by atoms with van der Waals surface area (Å²) in [6, 6.07) is 4.98. The van der Waals surface area contributed by atoms with Crippen LogP contribution in [0.25, 0.3) is 6.08 Å². The van der Waals surface area contributed by atoms with Crippen molar-refractivity contribution in [2.75, 3.05) is 0 Å². The predicted octanol–water partition coefficient (Wildman–Crippen LogP) is 3.10. The summed E-state index contributed by atoms with van der Waals surface area (Å²) in [5.74, 6) is -0.676. The number of halogens is 2. The molecule has 0 bridgehead atoms. The Morgan fingerprint density at radius 3 is 2.79 bits per heavy atom. The smallest absolute Gasteiger partial charge is 0.286 e. The molecule has 1 N–H and O–H groups in total. The third kappa shape index (κ3) is 3.59. The van der Waals surface area contributed by atoms with Crippen LogP contribution in [-0.2, 0) is 9.59 Å². The van der Waals surface area contributed by atoms with Crippen molar-refractivity contribution in [3.05, 3.63) is 38.7 Å². The Balaban J connectivity index is 2.22. The first-order chi connectivity index (χ1) is 8.95. The second kappa shape index (κ2) is 5.77. The van der Waals surface area contributed by atoms with Crippen LogP contribution in [0.15, 0.2) is 28.1 Å². The maximum Gasteiger partial charge on any atom is 0.286 e. The van der Waals surface area contributed by atoms with E-state index in [1.54, 1.807) is 24.3 Å². The zero-order valence-electron chi connectivity index (χ0n) is 9.74. The highest BCUT2D eigenvalue weighted by atomic mass is 35.5. The van der Waals surface area contributed by atoms with Crippen molar-refractivity contribution in [2.24, 2.45) is 4.99 Å². The van der Waals surface area contributed by atoms with Crippen LogP contribution in [0.5, 0.6) is 0 Å². The van der Waals surface area contributed by atoms with E-state index in [0.717, 1.165) is 11.8 Å². The van der Waals surface area contributed by atoms with Gasteiger partial charge in [-0.3, -0.25) is 9.59 Å². The Kier molecular flexibility index (Phi) is 4.29. The lowest BCUT2D eigenvalue weighted by Crippen LogP contribution is -2.23. The second-order valence-electron chi connectivity index (χ2n) is 3.68. The summed E-state index contributed by atoms with van der Waals surface area (Å²) in [5, 5.41) is 3.71. The number of benzene rings is 1. The number of carbonyl (C=O) groups excluding carboxylic acids is 2. The molecule has 98 valence electrons. The highest BCUT2D eigenvalue weighted by molar-refractivity contribution is 8.18. The Hall–Kier alpha value is -1.30. The van der Waals surface area contributed by atoms with Gasteiger partial charge in [0.1, 0.15) is 0 Å². The molecular formula is C12H8Cl2N2O2S. The van der Waals surface area contributed by atoms with Gasteiger partial charge in [0.05, 0.1) is 4.91 Å². The number of nitrogens with zero attached hydrogens (tertiary/aromatic N) is 1. The maximum absolute atomic E-state index is 11.7. The molecule has 0 fully saturated rings. The minimum Gasteiger partial charge on any atom is -0.305 e. The van der Waals surface area contributed by atoms with Gasteiger partial charge in [-0.05, 0) is 35.5 Å². The number of hydrogen-bond acceptors (Lipinski definition) is 3. The van der Waals surface area contributed by atoms with Gasteiger partial charge in [-0.15, -0.1) is 0 Å². The van der Waals surface area contributed by atoms with E-state index in [1.165, 1.54) is 6.92 Å². The molecular weight excluding hydrogens is 307 g/mol. The van der Waals surface area contributed by atoms with Crippen molar-refractivity contribution < 1.29 is 9.59 Å². The molecule has 0 radical (unpaired) electrons. The van der Waals surface area contributed by atoms with Gasteiger partial charge < -0.3 is 5.32 Å². The van der Waals surface area contributed by atoms with Crippen LogP contribution in [-0.4, -0.2) is 17.0 Å². The van der Waals surface area contributed by atoms with Crippen molar-refractivity contribution in [2.45, 2.75) is 6.92 Å². The fraction of sp³-hybridized carbons (Fsp3) is 0.0833. The topological polar surface area (TPSA) is 58.5 Å². The molecule has 2 rings (SSSR count). The molecule has 1 aliphatic heterocycles. The number of hydrogen-bond donors (Lipinski definition) is 1. The van der Waals surface area contributed by atoms with E-state index in [0.29, 0.717) is 20.5 Å². The zero-order valence-corrected chi connectivity index (χ0v) is 12.1. The number of nitrogens with one attached hydrogen (secondary N) is 1. The lowest BCUT2D eigenvalue weighted by Gasteiger charge is -2.00. The van der Waals surface area contributed by atoms with Crippen LogP contribution in [0.4, 0.5) is 0 Å². The van der Waals surface area contributed by atoms with Crippen molar-refractivity contribution in [1.82, 2.24) is 5.32 Å². The van der Waals surface area contributed by atoms with Crippen molar-refractivity contribution >= 4 is 58.0 Å². The molecule has 19 heavy (non-hydrogen) atoms. The average molecular weight is 315 g/mol. The van der Waals surface area contributed by atoms with Crippen LogP contribution in [0, 0.1) is 0 Å². The molecule has 0 aromatic heterocycles. The minimum absolute atomic E-state index is 0.272. The number of carbonyl (C=O) groups is 2. The van der Waals surface area contributed by atoms with E-state index in [4.69, 9.17) is 23.2 Å². The van der Waals surface area contributed by atoms with Gasteiger partial charge in [0.15, 0.2) is 5.17 Å². The van der Waals surface area contributed by atoms with Crippen molar-refractivity contribution in [3.63, 3.8) is 0 Å². The van der Waals surface area contributed by atoms with E-state index in [-0.39, 0.29) is 11.1 Å². The van der Waals surface area contributed by atoms with Gasteiger partial charge >= 0.3 is 0 Å².